The second kappa shape index (κ2) is 15.0. The lowest BCUT2D eigenvalue weighted by atomic mass is 10.1. The van der Waals surface area contributed by atoms with Gasteiger partial charge < -0.3 is 39.2 Å². The largest absolute Gasteiger partial charge is 0.444 e. The summed E-state index contributed by atoms with van der Waals surface area (Å²) in [5.74, 6) is 1.63. The first-order chi connectivity index (χ1) is 24.9. The molecule has 0 saturated carbocycles. The van der Waals surface area contributed by atoms with E-state index >= 15 is 0 Å². The molecule has 52 heavy (non-hydrogen) atoms. The average Bonchev–Trinajstić information content (AvgIpc) is 3.58. The minimum atomic E-state index is -1.23. The first-order valence-corrected chi connectivity index (χ1v) is 22.3. The molecule has 3 fully saturated rings. The van der Waals surface area contributed by atoms with E-state index in [1.54, 1.807) is 18.7 Å². The first kappa shape index (κ1) is 36.1. The van der Waals surface area contributed by atoms with Crippen LogP contribution in [0.2, 0.25) is 25.7 Å². The molecule has 7 rings (SSSR count). The number of benzene rings is 1. The molecule has 1 aromatic carbocycles. The number of ether oxygens (including phenoxy) is 3. The quantitative estimate of drug-likeness (QED) is 0.125. The zero-order valence-corrected chi connectivity index (χ0v) is 32.4. The summed E-state index contributed by atoms with van der Waals surface area (Å²) >= 11 is 0. The molecule has 2 unspecified atom stereocenters. The minimum absolute atomic E-state index is 0.0213. The highest BCUT2D eigenvalue weighted by Crippen LogP contribution is 2.39. The van der Waals surface area contributed by atoms with Gasteiger partial charge in [0.15, 0.2) is 0 Å². The van der Waals surface area contributed by atoms with Crippen LogP contribution in [0.15, 0.2) is 49.1 Å². The number of rotatable bonds is 11. The van der Waals surface area contributed by atoms with Gasteiger partial charge in [0.1, 0.15) is 30.1 Å². The zero-order chi connectivity index (χ0) is 36.5. The molecule has 3 aromatic heterocycles. The lowest BCUT2D eigenvalue weighted by Gasteiger charge is -2.35. The van der Waals surface area contributed by atoms with Gasteiger partial charge in [0.25, 0.3) is 0 Å². The van der Waals surface area contributed by atoms with Crippen molar-refractivity contribution >= 4 is 48.3 Å². The number of alkyl carbamates (subject to hydrolysis) is 1. The Balaban J connectivity index is 1.06. The summed E-state index contributed by atoms with van der Waals surface area (Å²) in [6.07, 6.45) is 8.97. The number of carbonyl (C=O) groups excluding carboxylic acids is 1. The zero-order valence-electron chi connectivity index (χ0n) is 31.4. The van der Waals surface area contributed by atoms with Gasteiger partial charge in [0.05, 0.1) is 54.5 Å². The molecular formula is C38H53N9O4Si. The maximum atomic E-state index is 12.3. The summed E-state index contributed by atoms with van der Waals surface area (Å²) in [7, 11) is -1.23. The third kappa shape index (κ3) is 8.50. The second-order valence-corrected chi connectivity index (χ2v) is 22.1. The molecular weight excluding hydrogens is 675 g/mol. The van der Waals surface area contributed by atoms with E-state index < -0.39 is 19.8 Å². The fraction of sp³-hybridized carbons (Fsp3) is 0.553. The second-order valence-electron chi connectivity index (χ2n) is 16.5. The molecule has 3 atom stereocenters. The van der Waals surface area contributed by atoms with Crippen LogP contribution >= 0.6 is 0 Å². The van der Waals surface area contributed by atoms with Gasteiger partial charge in [-0.25, -0.2) is 24.7 Å². The van der Waals surface area contributed by atoms with Gasteiger partial charge in [-0.3, -0.25) is 0 Å². The average molecular weight is 728 g/mol. The number of nitrogens with zero attached hydrogens (tertiary/aromatic N) is 7. The van der Waals surface area contributed by atoms with Gasteiger partial charge in [-0.15, -0.1) is 0 Å². The van der Waals surface area contributed by atoms with E-state index in [-0.39, 0.29) is 6.04 Å². The van der Waals surface area contributed by atoms with Crippen LogP contribution in [0.1, 0.15) is 46.5 Å². The first-order valence-electron chi connectivity index (χ1n) is 18.6. The summed E-state index contributed by atoms with van der Waals surface area (Å²) in [5.41, 5.74) is 4.19. The fourth-order valence-electron chi connectivity index (χ4n) is 7.33. The Morgan fingerprint density at radius 2 is 1.71 bits per heavy atom. The van der Waals surface area contributed by atoms with Crippen molar-refractivity contribution in [2.45, 2.75) is 103 Å². The Hall–Kier alpha value is -4.27. The SMILES string of the molecule is CC(C)(C)OC(=O)N[C@@H]1CCCN(c2ncc(Nc3ccc(-c4cc5c(N6C7CCC6COC7)ncnc5n4COCC[Si](C)(C)C)cc3)cn2)C1. The summed E-state index contributed by atoms with van der Waals surface area (Å²) in [4.78, 5) is 35.8. The molecule has 278 valence electrons. The topological polar surface area (TPSA) is 132 Å². The monoisotopic (exact) mass is 727 g/mol. The number of carbonyl (C=O) groups is 1. The molecule has 1 amide bonds. The van der Waals surface area contributed by atoms with Crippen LogP contribution in [0.3, 0.4) is 0 Å². The molecule has 3 saturated heterocycles. The highest BCUT2D eigenvalue weighted by molar-refractivity contribution is 6.76. The highest BCUT2D eigenvalue weighted by atomic mass is 28.3. The van der Waals surface area contributed by atoms with Gasteiger partial charge >= 0.3 is 6.09 Å². The van der Waals surface area contributed by atoms with Crippen LogP contribution in [-0.4, -0.2) is 95.3 Å². The maximum Gasteiger partial charge on any atom is 0.407 e. The predicted octanol–water partition coefficient (Wildman–Crippen LogP) is 6.81. The van der Waals surface area contributed by atoms with E-state index in [2.05, 4.69) is 84.9 Å². The Labute approximate surface area is 307 Å². The van der Waals surface area contributed by atoms with Crippen molar-refractivity contribution in [1.82, 2.24) is 29.8 Å². The number of morpholine rings is 1. The van der Waals surface area contributed by atoms with Crippen molar-refractivity contribution in [3.05, 3.63) is 49.1 Å². The number of piperidine rings is 1. The third-order valence-electron chi connectivity index (χ3n) is 9.90. The van der Waals surface area contributed by atoms with Crippen molar-refractivity contribution in [2.24, 2.45) is 0 Å². The minimum Gasteiger partial charge on any atom is -0.444 e. The molecule has 3 aliphatic rings. The predicted molar refractivity (Wildman–Crippen MR) is 207 cm³/mol. The smallest absolute Gasteiger partial charge is 0.407 e. The lowest BCUT2D eigenvalue weighted by molar-refractivity contribution is 0.0499. The van der Waals surface area contributed by atoms with Gasteiger partial charge in [-0.2, -0.15) is 0 Å². The fourth-order valence-corrected chi connectivity index (χ4v) is 8.08. The maximum absolute atomic E-state index is 12.3. The van der Waals surface area contributed by atoms with Crippen LogP contribution in [0.4, 0.5) is 27.9 Å². The molecule has 2 N–H and O–H groups in total. The van der Waals surface area contributed by atoms with Crippen LogP contribution < -0.4 is 20.4 Å². The van der Waals surface area contributed by atoms with E-state index in [9.17, 15) is 4.79 Å². The Morgan fingerprint density at radius 3 is 2.40 bits per heavy atom. The molecule has 4 aromatic rings. The number of hydrogen-bond donors (Lipinski definition) is 2. The molecule has 0 aliphatic carbocycles. The molecule has 13 nitrogen and oxygen atoms in total. The van der Waals surface area contributed by atoms with Crippen LogP contribution in [-0.2, 0) is 20.9 Å². The van der Waals surface area contributed by atoms with Gasteiger partial charge in [0, 0.05) is 39.5 Å². The summed E-state index contributed by atoms with van der Waals surface area (Å²) < 4.78 is 19.8. The Kier molecular flexibility index (Phi) is 10.4. The van der Waals surface area contributed by atoms with E-state index in [0.29, 0.717) is 31.3 Å². The number of anilines is 4. The van der Waals surface area contributed by atoms with E-state index in [1.165, 1.54) is 0 Å². The van der Waals surface area contributed by atoms with Gasteiger partial charge in [-0.1, -0.05) is 31.8 Å². The van der Waals surface area contributed by atoms with Crippen molar-refractivity contribution < 1.29 is 19.0 Å². The number of fused-ring (bicyclic) bond motifs is 3. The van der Waals surface area contributed by atoms with Crippen molar-refractivity contribution in [3.63, 3.8) is 0 Å². The molecule has 2 bridgehead atoms. The number of aromatic nitrogens is 5. The Morgan fingerprint density at radius 1 is 0.981 bits per heavy atom. The molecule has 6 heterocycles. The highest BCUT2D eigenvalue weighted by Gasteiger charge is 2.39. The molecule has 0 radical (unpaired) electrons. The van der Waals surface area contributed by atoms with E-state index in [1.807, 2.05) is 20.8 Å². The summed E-state index contributed by atoms with van der Waals surface area (Å²) in [6, 6.07) is 12.4. The third-order valence-corrected chi connectivity index (χ3v) is 11.6. The van der Waals surface area contributed by atoms with Crippen LogP contribution in [0.25, 0.3) is 22.3 Å². The number of amides is 1. The number of hydrogen-bond acceptors (Lipinski definition) is 11. The Bertz CT molecular complexity index is 1820. The standard InChI is InChI=1S/C38H53N9O4Si/c1-38(2,3)51-37(48)44-28-8-7-15-45(21-28)36-39-19-29(20-40-36)43-27-11-9-26(10-12-27)33-18-32-34(46(33)25-49-16-17-52(4,5)6)41-24-42-35(32)47-30-13-14-31(47)23-50-22-30/h9-12,18-20,24,28,30-31,43H,7-8,13-17,21-23,25H2,1-6H3,(H,44,48)/t28-,30?,31?/m1/s1. The van der Waals surface area contributed by atoms with Crippen molar-refractivity contribution in [3.8, 4) is 11.3 Å². The molecule has 14 heteroatoms. The lowest BCUT2D eigenvalue weighted by Crippen LogP contribution is -2.49. The van der Waals surface area contributed by atoms with Crippen LogP contribution in [0.5, 0.6) is 0 Å². The number of nitrogens with one attached hydrogen (secondary N) is 2. The van der Waals surface area contributed by atoms with E-state index in [0.717, 1.165) is 97.6 Å². The molecule has 3 aliphatic heterocycles. The molecule has 0 spiro atoms. The summed E-state index contributed by atoms with van der Waals surface area (Å²) in [5, 5.41) is 7.49. The normalized spacial score (nSPS) is 20.7. The van der Waals surface area contributed by atoms with Crippen molar-refractivity contribution in [1.29, 1.82) is 0 Å². The van der Waals surface area contributed by atoms with Gasteiger partial charge in [-0.05, 0) is 76.3 Å². The van der Waals surface area contributed by atoms with Crippen molar-refractivity contribution in [2.75, 3.05) is 48.0 Å². The van der Waals surface area contributed by atoms with Crippen LogP contribution in [0, 0.1) is 0 Å². The van der Waals surface area contributed by atoms with Gasteiger partial charge in [0.2, 0.25) is 5.95 Å². The van der Waals surface area contributed by atoms with E-state index in [4.69, 9.17) is 24.2 Å². The summed E-state index contributed by atoms with van der Waals surface area (Å²) in [6.45, 7) is 16.8.